The monoisotopic (exact) mass is 182 g/mol. The number of terminal acetylenes is 1. The normalized spacial score (nSPS) is 11.8. The van der Waals surface area contributed by atoms with Crippen LogP contribution in [0.5, 0.6) is 0 Å². The third kappa shape index (κ3) is 7.39. The molecule has 13 heavy (non-hydrogen) atoms. The van der Waals surface area contributed by atoms with Gasteiger partial charge in [0.2, 0.25) is 0 Å². The van der Waals surface area contributed by atoms with E-state index in [0.29, 0.717) is 0 Å². The first-order chi connectivity index (χ1) is 6.20. The van der Waals surface area contributed by atoms with E-state index in [4.69, 9.17) is 11.2 Å². The van der Waals surface area contributed by atoms with Crippen LogP contribution in [0.4, 0.5) is 0 Å². The topological polar surface area (TPSA) is 26.3 Å². The van der Waals surface area contributed by atoms with E-state index in [1.165, 1.54) is 19.3 Å². The smallest absolute Gasteiger partial charge is 0.384 e. The molecule has 0 saturated heterocycles. The summed E-state index contributed by atoms with van der Waals surface area (Å²) in [5, 5.41) is 0. The Morgan fingerprint density at radius 3 is 2.69 bits per heavy atom. The molecule has 2 heteroatoms. The van der Waals surface area contributed by atoms with Crippen molar-refractivity contribution >= 4 is 5.97 Å². The quantitative estimate of drug-likeness (QED) is 0.273. The lowest BCUT2D eigenvalue weighted by molar-refractivity contribution is -0.141. The molecule has 0 amide bonds. The maximum Gasteiger partial charge on any atom is 0.384 e. The molecule has 0 spiro atoms. The molecule has 0 aliphatic heterocycles. The van der Waals surface area contributed by atoms with Gasteiger partial charge >= 0.3 is 5.97 Å². The Bertz CT molecular complexity index is 179. The molecule has 0 rings (SSSR count). The maximum absolute atomic E-state index is 10.7. The van der Waals surface area contributed by atoms with Crippen molar-refractivity contribution in [3.05, 3.63) is 0 Å². The van der Waals surface area contributed by atoms with Crippen molar-refractivity contribution in [1.82, 2.24) is 0 Å². The van der Waals surface area contributed by atoms with Crippen LogP contribution in [0, 0.1) is 12.3 Å². The van der Waals surface area contributed by atoms with Gasteiger partial charge in [0, 0.05) is 5.92 Å². The van der Waals surface area contributed by atoms with Crippen LogP contribution in [0.1, 0.15) is 46.0 Å². The molecule has 0 N–H and O–H groups in total. The predicted molar refractivity (Wildman–Crippen MR) is 53.1 cm³/mol. The minimum Gasteiger partial charge on any atom is -0.453 e. The number of carbonyl (C=O) groups is 1. The highest BCUT2D eigenvalue weighted by molar-refractivity contribution is 5.87. The summed E-state index contributed by atoms with van der Waals surface area (Å²) in [5.74, 6) is 1.38. The summed E-state index contributed by atoms with van der Waals surface area (Å²) in [6, 6.07) is 0. The van der Waals surface area contributed by atoms with Gasteiger partial charge in [0.1, 0.15) is 6.10 Å². The standard InChI is InChI=1S/C11H18O2/c1-4-6-7-8-9-10(3)13-11(12)5-2/h2,10H,4,6-9H2,1,3H3. The molecule has 1 unspecified atom stereocenters. The summed E-state index contributed by atoms with van der Waals surface area (Å²) < 4.78 is 4.90. The van der Waals surface area contributed by atoms with Crippen LogP contribution in [-0.2, 0) is 9.53 Å². The molecule has 0 radical (unpaired) electrons. The maximum atomic E-state index is 10.7. The highest BCUT2D eigenvalue weighted by atomic mass is 16.5. The van der Waals surface area contributed by atoms with Crippen molar-refractivity contribution in [2.24, 2.45) is 0 Å². The van der Waals surface area contributed by atoms with Crippen LogP contribution >= 0.6 is 0 Å². The second-order valence-corrected chi connectivity index (χ2v) is 3.21. The molecule has 0 aromatic rings. The number of ether oxygens (including phenoxy) is 1. The van der Waals surface area contributed by atoms with Crippen molar-refractivity contribution < 1.29 is 9.53 Å². The van der Waals surface area contributed by atoms with Crippen LogP contribution in [-0.4, -0.2) is 12.1 Å². The number of rotatable bonds is 6. The molecule has 0 heterocycles. The van der Waals surface area contributed by atoms with E-state index >= 15 is 0 Å². The van der Waals surface area contributed by atoms with Gasteiger partial charge in [0.15, 0.2) is 0 Å². The lowest BCUT2D eigenvalue weighted by Gasteiger charge is -2.10. The largest absolute Gasteiger partial charge is 0.453 e. The molecule has 0 fully saturated rings. The molecule has 0 aliphatic rings. The van der Waals surface area contributed by atoms with E-state index in [-0.39, 0.29) is 6.10 Å². The van der Waals surface area contributed by atoms with Gasteiger partial charge in [-0.15, -0.1) is 6.42 Å². The minimum atomic E-state index is -0.553. The summed E-state index contributed by atoms with van der Waals surface area (Å²) >= 11 is 0. The molecule has 0 bridgehead atoms. The summed E-state index contributed by atoms with van der Waals surface area (Å²) in [6.07, 6.45) is 10.5. The molecule has 0 aliphatic carbocycles. The number of esters is 1. The highest BCUT2D eigenvalue weighted by Gasteiger charge is 2.05. The first-order valence-electron chi connectivity index (χ1n) is 4.88. The van der Waals surface area contributed by atoms with Crippen LogP contribution in [0.2, 0.25) is 0 Å². The highest BCUT2D eigenvalue weighted by Crippen LogP contribution is 2.07. The van der Waals surface area contributed by atoms with Gasteiger partial charge in [0.25, 0.3) is 0 Å². The van der Waals surface area contributed by atoms with E-state index in [1.54, 1.807) is 0 Å². The Labute approximate surface area is 80.7 Å². The van der Waals surface area contributed by atoms with Crippen molar-refractivity contribution in [3.8, 4) is 12.3 Å². The predicted octanol–water partition coefficient (Wildman–Crippen LogP) is 2.52. The number of hydrogen-bond acceptors (Lipinski definition) is 2. The molecular formula is C11H18O2. The van der Waals surface area contributed by atoms with Crippen molar-refractivity contribution in [1.29, 1.82) is 0 Å². The minimum absolute atomic E-state index is 0.0413. The van der Waals surface area contributed by atoms with Gasteiger partial charge in [-0.1, -0.05) is 26.2 Å². The molecule has 0 saturated carbocycles. The third-order valence-corrected chi connectivity index (χ3v) is 1.89. The molecular weight excluding hydrogens is 164 g/mol. The molecule has 0 aromatic heterocycles. The molecule has 74 valence electrons. The SMILES string of the molecule is C#CC(=O)OC(C)CCCCCC. The Kier molecular flexibility index (Phi) is 7.10. The fraction of sp³-hybridized carbons (Fsp3) is 0.727. The summed E-state index contributed by atoms with van der Waals surface area (Å²) in [7, 11) is 0. The van der Waals surface area contributed by atoms with Gasteiger partial charge in [-0.3, -0.25) is 0 Å². The van der Waals surface area contributed by atoms with Crippen molar-refractivity contribution in [2.75, 3.05) is 0 Å². The summed E-state index contributed by atoms with van der Waals surface area (Å²) in [4.78, 5) is 10.7. The zero-order valence-corrected chi connectivity index (χ0v) is 8.51. The van der Waals surface area contributed by atoms with E-state index in [2.05, 4.69) is 6.92 Å². The lowest BCUT2D eigenvalue weighted by Crippen LogP contribution is -2.12. The van der Waals surface area contributed by atoms with Gasteiger partial charge in [-0.25, -0.2) is 4.79 Å². The first kappa shape index (κ1) is 12.0. The fourth-order valence-electron chi connectivity index (χ4n) is 1.13. The Morgan fingerprint density at radius 1 is 1.46 bits per heavy atom. The average molecular weight is 182 g/mol. The van der Waals surface area contributed by atoms with Crippen LogP contribution in [0.3, 0.4) is 0 Å². The third-order valence-electron chi connectivity index (χ3n) is 1.89. The number of unbranched alkanes of at least 4 members (excludes halogenated alkanes) is 3. The first-order valence-corrected chi connectivity index (χ1v) is 4.88. The van der Waals surface area contributed by atoms with E-state index in [0.717, 1.165) is 12.8 Å². The van der Waals surface area contributed by atoms with E-state index in [9.17, 15) is 4.79 Å². The number of carbonyl (C=O) groups excluding carboxylic acids is 1. The molecule has 2 nitrogen and oxygen atoms in total. The Morgan fingerprint density at radius 2 is 2.15 bits per heavy atom. The van der Waals surface area contributed by atoms with Crippen molar-refractivity contribution in [3.63, 3.8) is 0 Å². The number of hydrogen-bond donors (Lipinski definition) is 0. The molecule has 1 atom stereocenters. The van der Waals surface area contributed by atoms with Gasteiger partial charge in [-0.2, -0.15) is 0 Å². The Balaban J connectivity index is 3.36. The zero-order valence-electron chi connectivity index (χ0n) is 8.51. The fourth-order valence-corrected chi connectivity index (χ4v) is 1.13. The summed E-state index contributed by atoms with van der Waals surface area (Å²) in [5.41, 5.74) is 0. The van der Waals surface area contributed by atoms with Crippen LogP contribution in [0.25, 0.3) is 0 Å². The average Bonchev–Trinajstić information content (AvgIpc) is 2.12. The van der Waals surface area contributed by atoms with Crippen molar-refractivity contribution in [2.45, 2.75) is 52.1 Å². The lowest BCUT2D eigenvalue weighted by atomic mass is 10.1. The van der Waals surface area contributed by atoms with Crippen LogP contribution < -0.4 is 0 Å². The van der Waals surface area contributed by atoms with Gasteiger partial charge in [0.05, 0.1) is 0 Å². The second-order valence-electron chi connectivity index (χ2n) is 3.21. The van der Waals surface area contributed by atoms with E-state index < -0.39 is 5.97 Å². The zero-order chi connectivity index (χ0) is 10.1. The Hall–Kier alpha value is -0.970. The van der Waals surface area contributed by atoms with Gasteiger partial charge in [-0.05, 0) is 19.8 Å². The summed E-state index contributed by atoms with van der Waals surface area (Å²) in [6.45, 7) is 4.04. The second kappa shape index (κ2) is 7.67. The van der Waals surface area contributed by atoms with E-state index in [1.807, 2.05) is 12.8 Å². The van der Waals surface area contributed by atoms with Gasteiger partial charge < -0.3 is 4.74 Å². The van der Waals surface area contributed by atoms with Crippen LogP contribution in [0.15, 0.2) is 0 Å². The molecule has 0 aromatic carbocycles.